The Morgan fingerprint density at radius 2 is 1.50 bits per heavy atom. The third-order valence-electron chi connectivity index (χ3n) is 13.7. The summed E-state index contributed by atoms with van der Waals surface area (Å²) in [5.74, 6) is -3.36. The molecule has 0 spiro atoms. The van der Waals surface area contributed by atoms with E-state index in [9.17, 15) is 19.5 Å². The molecule has 4 aliphatic heterocycles. The SMILES string of the molecule is CC[C@H]1OC(=O)[C@H](C)[C@@H](O[C@H]2C[C@@](C)(OC)[C@@H](OC(C)=O)[C@H](C)O2)C(C)[C@@H](O[C@@H]2O[C@H](C)C[C@H](N(C)C)[C@H]2OC(C)=O)[C@](C)(O)C[C@@H](C)CN(C)[C@H](C)[C@H]2OC(N(C)C)O[C@@]21C. The van der Waals surface area contributed by atoms with Gasteiger partial charge in [-0.05, 0) is 109 Å². The van der Waals surface area contributed by atoms with E-state index in [-0.39, 0.29) is 36.9 Å². The Bertz CT molecular complexity index is 1500. The first kappa shape index (κ1) is 52.6. The minimum atomic E-state index is -1.57. The van der Waals surface area contributed by atoms with Crippen molar-refractivity contribution >= 4 is 17.9 Å². The van der Waals surface area contributed by atoms with Gasteiger partial charge >= 0.3 is 17.9 Å². The Balaban J connectivity index is 1.88. The van der Waals surface area contributed by atoms with Crippen molar-refractivity contribution in [1.29, 1.82) is 0 Å². The van der Waals surface area contributed by atoms with E-state index in [2.05, 4.69) is 18.7 Å². The lowest BCUT2D eigenvalue weighted by Crippen LogP contribution is -2.61. The van der Waals surface area contributed by atoms with E-state index in [0.29, 0.717) is 19.4 Å². The maximum absolute atomic E-state index is 14.8. The number of cyclic esters (lactones) is 1. The van der Waals surface area contributed by atoms with Gasteiger partial charge in [0, 0.05) is 45.9 Å². The van der Waals surface area contributed by atoms with E-state index < -0.39 is 108 Å². The maximum Gasteiger partial charge on any atom is 0.311 e. The first-order valence-electron chi connectivity index (χ1n) is 22.5. The van der Waals surface area contributed by atoms with Crippen LogP contribution in [0.2, 0.25) is 0 Å². The molecular formula is C45H81N3O14. The highest BCUT2D eigenvalue weighted by Crippen LogP contribution is 2.43. The summed E-state index contributed by atoms with van der Waals surface area (Å²) in [6.45, 7) is 22.2. The Morgan fingerprint density at radius 3 is 2.05 bits per heavy atom. The van der Waals surface area contributed by atoms with Gasteiger partial charge in [-0.15, -0.1) is 0 Å². The van der Waals surface area contributed by atoms with Gasteiger partial charge in [0.1, 0.15) is 23.4 Å². The minimum Gasteiger partial charge on any atom is -0.459 e. The van der Waals surface area contributed by atoms with Gasteiger partial charge in [0.2, 0.25) is 6.41 Å². The number of likely N-dealkylation sites (N-methyl/N-ethyl adjacent to an activating group) is 2. The smallest absolute Gasteiger partial charge is 0.311 e. The van der Waals surface area contributed by atoms with Crippen LogP contribution >= 0.6 is 0 Å². The second-order valence-corrected chi connectivity index (χ2v) is 19.8. The molecule has 4 heterocycles. The predicted octanol–water partition coefficient (Wildman–Crippen LogP) is 3.95. The van der Waals surface area contributed by atoms with Crippen molar-refractivity contribution in [3.05, 3.63) is 0 Å². The number of fused-ring (bicyclic) bond motifs is 1. The number of ether oxygens (including phenoxy) is 10. The highest BCUT2D eigenvalue weighted by Gasteiger charge is 2.58. The van der Waals surface area contributed by atoms with Gasteiger partial charge in [-0.1, -0.05) is 20.8 Å². The molecule has 0 aromatic heterocycles. The van der Waals surface area contributed by atoms with Crippen molar-refractivity contribution in [3.63, 3.8) is 0 Å². The van der Waals surface area contributed by atoms with Crippen molar-refractivity contribution in [3.8, 4) is 0 Å². The lowest BCUT2D eigenvalue weighted by Gasteiger charge is -2.49. The number of carbonyl (C=O) groups excluding carboxylic acids is 3. The number of rotatable bonds is 10. The Kier molecular flexibility index (Phi) is 17.9. The Hall–Kier alpha value is -2.03. The largest absolute Gasteiger partial charge is 0.459 e. The second kappa shape index (κ2) is 21.1. The van der Waals surface area contributed by atoms with Crippen LogP contribution in [-0.4, -0.2) is 183 Å². The first-order valence-corrected chi connectivity index (χ1v) is 22.5. The summed E-state index contributed by atoms with van der Waals surface area (Å²) in [5.41, 5.74) is -3.64. The summed E-state index contributed by atoms with van der Waals surface area (Å²) in [6, 6.07) is -0.460. The molecule has 4 saturated heterocycles. The van der Waals surface area contributed by atoms with Crippen molar-refractivity contribution in [1.82, 2.24) is 14.7 Å². The van der Waals surface area contributed by atoms with Crippen LogP contribution in [0.1, 0.15) is 109 Å². The molecule has 360 valence electrons. The van der Waals surface area contributed by atoms with Crippen LogP contribution in [0.5, 0.6) is 0 Å². The minimum absolute atomic E-state index is 0.0936. The summed E-state index contributed by atoms with van der Waals surface area (Å²) in [7, 11) is 11.1. The molecule has 17 nitrogen and oxygen atoms in total. The molecule has 0 aromatic carbocycles. The van der Waals surface area contributed by atoms with E-state index >= 15 is 0 Å². The molecule has 17 heteroatoms. The van der Waals surface area contributed by atoms with E-state index in [1.165, 1.54) is 13.8 Å². The van der Waals surface area contributed by atoms with Gasteiger partial charge < -0.3 is 62.3 Å². The van der Waals surface area contributed by atoms with Crippen LogP contribution in [0, 0.1) is 17.8 Å². The van der Waals surface area contributed by atoms with Gasteiger partial charge in [-0.2, -0.15) is 0 Å². The predicted molar refractivity (Wildman–Crippen MR) is 228 cm³/mol. The monoisotopic (exact) mass is 888 g/mol. The van der Waals surface area contributed by atoms with Crippen molar-refractivity contribution < 1.29 is 66.9 Å². The van der Waals surface area contributed by atoms with Gasteiger partial charge in [0.05, 0.1) is 42.0 Å². The van der Waals surface area contributed by atoms with E-state index in [1.807, 2.05) is 79.7 Å². The third-order valence-corrected chi connectivity index (χ3v) is 13.7. The maximum atomic E-state index is 14.8. The van der Waals surface area contributed by atoms with Gasteiger partial charge in [0.15, 0.2) is 24.8 Å². The fourth-order valence-corrected chi connectivity index (χ4v) is 10.4. The Morgan fingerprint density at radius 1 is 0.871 bits per heavy atom. The van der Waals surface area contributed by atoms with E-state index in [1.54, 1.807) is 27.9 Å². The summed E-state index contributed by atoms with van der Waals surface area (Å²) in [4.78, 5) is 45.7. The van der Waals surface area contributed by atoms with Gasteiger partial charge in [-0.25, -0.2) is 0 Å². The number of hydrogen-bond donors (Lipinski definition) is 1. The number of nitrogens with zero attached hydrogens (tertiary/aromatic N) is 3. The van der Waals surface area contributed by atoms with Crippen LogP contribution in [-0.2, 0) is 61.8 Å². The van der Waals surface area contributed by atoms with Crippen LogP contribution < -0.4 is 0 Å². The molecule has 19 atom stereocenters. The summed E-state index contributed by atoms with van der Waals surface area (Å²) >= 11 is 0. The van der Waals surface area contributed by atoms with Crippen molar-refractivity contribution in [2.75, 3.05) is 48.9 Å². The number of esters is 3. The third kappa shape index (κ3) is 11.9. The molecule has 4 rings (SSSR count). The van der Waals surface area contributed by atoms with Crippen LogP contribution in [0.25, 0.3) is 0 Å². The molecule has 0 saturated carbocycles. The van der Waals surface area contributed by atoms with Crippen LogP contribution in [0.3, 0.4) is 0 Å². The molecule has 0 bridgehead atoms. The average Bonchev–Trinajstić information content (AvgIpc) is 3.53. The number of carbonyl (C=O) groups is 3. The molecule has 4 fully saturated rings. The zero-order chi connectivity index (χ0) is 46.8. The molecule has 0 radical (unpaired) electrons. The summed E-state index contributed by atoms with van der Waals surface area (Å²) < 4.78 is 64.3. The molecule has 2 unspecified atom stereocenters. The molecular weight excluding hydrogens is 807 g/mol. The zero-order valence-corrected chi connectivity index (χ0v) is 40.9. The molecule has 0 aromatic rings. The number of methoxy groups -OCH3 is 1. The fraction of sp³-hybridized carbons (Fsp3) is 0.933. The lowest BCUT2D eigenvalue weighted by molar-refractivity contribution is -0.319. The summed E-state index contributed by atoms with van der Waals surface area (Å²) in [6.07, 6.45) is -7.17. The quantitative estimate of drug-likeness (QED) is 0.247. The standard InChI is InChI=1S/C45H81N3O14/c1-19-33-45(12)38(61-42(62-45)47(15)16)28(6)48(17)23-24(2)21-43(10,52)37(60-41-36(56-30(8)49)32(46(13)14)20-25(3)54-41)26(4)35(27(5)40(51)58-33)59-34-22-44(11,53-18)39(29(7)55-34)57-31(9)50/h24-29,32-39,41-42,52H,19-23H2,1-18H3/t24-,25-,26?,27-,28-,29+,32+,33-,34+,35+,36-,37-,38-,39+,41+,42?,43-,44-,45-/m1/s1. The van der Waals surface area contributed by atoms with Crippen molar-refractivity contribution in [2.45, 2.75) is 205 Å². The Labute approximate surface area is 370 Å². The van der Waals surface area contributed by atoms with E-state index in [0.717, 1.165) is 0 Å². The van der Waals surface area contributed by atoms with Crippen molar-refractivity contribution in [2.24, 2.45) is 17.8 Å². The highest BCUT2D eigenvalue weighted by atomic mass is 16.8. The highest BCUT2D eigenvalue weighted by molar-refractivity contribution is 5.73. The fourth-order valence-electron chi connectivity index (χ4n) is 10.4. The molecule has 0 amide bonds. The van der Waals surface area contributed by atoms with Gasteiger partial charge in [-0.3, -0.25) is 19.3 Å². The van der Waals surface area contributed by atoms with Crippen LogP contribution in [0.4, 0.5) is 0 Å². The van der Waals surface area contributed by atoms with Gasteiger partial charge in [0.25, 0.3) is 0 Å². The second-order valence-electron chi connectivity index (χ2n) is 19.8. The first-order chi connectivity index (χ1) is 28.7. The molecule has 62 heavy (non-hydrogen) atoms. The van der Waals surface area contributed by atoms with Crippen LogP contribution in [0.15, 0.2) is 0 Å². The molecule has 4 aliphatic rings. The normalized spacial score (nSPS) is 45.5. The number of aliphatic hydroxyl groups is 1. The summed E-state index contributed by atoms with van der Waals surface area (Å²) in [5, 5.41) is 12.9. The molecule has 1 N–H and O–H groups in total. The zero-order valence-electron chi connectivity index (χ0n) is 40.9. The van der Waals surface area contributed by atoms with E-state index in [4.69, 9.17) is 47.4 Å². The number of hydrogen-bond acceptors (Lipinski definition) is 17. The molecule has 0 aliphatic carbocycles. The lowest BCUT2D eigenvalue weighted by atomic mass is 9.77. The topological polar surface area (TPSA) is 173 Å². The average molecular weight is 888 g/mol.